The summed E-state index contributed by atoms with van der Waals surface area (Å²) in [6.07, 6.45) is 0. The van der Waals surface area contributed by atoms with Crippen molar-refractivity contribution in [3.05, 3.63) is 22.7 Å². The molecule has 1 aromatic rings. The van der Waals surface area contributed by atoms with Crippen LogP contribution in [0.5, 0.6) is 11.5 Å². The first kappa shape index (κ1) is 18.1. The average Bonchev–Trinajstić information content (AvgIpc) is 2.43. The maximum atomic E-state index is 9.49. The minimum atomic E-state index is 0.0115. The van der Waals surface area contributed by atoms with E-state index < -0.39 is 0 Å². The fourth-order valence-electron chi connectivity index (χ4n) is 2.51. The summed E-state index contributed by atoms with van der Waals surface area (Å²) in [6, 6.07) is 3.73. The van der Waals surface area contributed by atoms with Gasteiger partial charge in [-0.25, -0.2) is 0 Å². The van der Waals surface area contributed by atoms with Crippen molar-refractivity contribution in [1.82, 2.24) is 4.90 Å². The highest BCUT2D eigenvalue weighted by Crippen LogP contribution is 2.39. The molecule has 1 aromatic carbocycles. The number of aliphatic hydroxyl groups is 1. The summed E-state index contributed by atoms with van der Waals surface area (Å²) >= 11 is 6.43. The lowest BCUT2D eigenvalue weighted by molar-refractivity contribution is 0.145. The van der Waals surface area contributed by atoms with E-state index >= 15 is 0 Å². The van der Waals surface area contributed by atoms with Crippen molar-refractivity contribution in [2.75, 3.05) is 33.9 Å². The van der Waals surface area contributed by atoms with Gasteiger partial charge in [0.05, 0.1) is 13.2 Å². The Hall–Kier alpha value is -0.970. The molecule has 0 radical (unpaired) electrons. The molecular formula is C16H26ClNO3. The monoisotopic (exact) mass is 315 g/mol. The molecule has 0 amide bonds. The van der Waals surface area contributed by atoms with Crippen molar-refractivity contribution >= 4 is 11.6 Å². The molecule has 1 rings (SSSR count). The van der Waals surface area contributed by atoms with Crippen LogP contribution in [-0.2, 0) is 0 Å². The molecule has 21 heavy (non-hydrogen) atoms. The summed E-state index contributed by atoms with van der Waals surface area (Å²) in [7, 11) is 3.95. The maximum Gasteiger partial charge on any atom is 0.162 e. The van der Waals surface area contributed by atoms with E-state index in [0.717, 1.165) is 5.56 Å². The highest BCUT2D eigenvalue weighted by atomic mass is 35.5. The van der Waals surface area contributed by atoms with Crippen molar-refractivity contribution in [1.29, 1.82) is 0 Å². The summed E-state index contributed by atoms with van der Waals surface area (Å²) < 4.78 is 11.2. The Morgan fingerprint density at radius 1 is 1.14 bits per heavy atom. The molecule has 0 saturated heterocycles. The Balaban J connectivity index is 3.30. The second kappa shape index (κ2) is 8.47. The number of hydrogen-bond donors (Lipinski definition) is 1. The number of benzene rings is 1. The Labute approximate surface area is 132 Å². The second-order valence-corrected chi connectivity index (χ2v) is 5.66. The topological polar surface area (TPSA) is 41.9 Å². The van der Waals surface area contributed by atoms with Crippen LogP contribution in [0, 0.1) is 5.92 Å². The van der Waals surface area contributed by atoms with Crippen molar-refractivity contribution < 1.29 is 14.6 Å². The molecule has 4 nitrogen and oxygen atoms in total. The van der Waals surface area contributed by atoms with E-state index in [1.54, 1.807) is 6.07 Å². The number of nitrogens with zero attached hydrogens (tertiary/aromatic N) is 1. The number of halogens is 1. The molecule has 0 aliphatic rings. The fourth-order valence-corrected chi connectivity index (χ4v) is 2.77. The lowest BCUT2D eigenvalue weighted by atomic mass is 9.93. The van der Waals surface area contributed by atoms with Crippen LogP contribution in [0.3, 0.4) is 0 Å². The molecular weight excluding hydrogens is 290 g/mol. The van der Waals surface area contributed by atoms with Crippen LogP contribution in [-0.4, -0.2) is 43.9 Å². The number of aliphatic hydroxyl groups excluding tert-OH is 1. The molecule has 0 saturated carbocycles. The van der Waals surface area contributed by atoms with Crippen LogP contribution >= 0.6 is 11.6 Å². The van der Waals surface area contributed by atoms with Crippen LogP contribution in [0.4, 0.5) is 0 Å². The minimum absolute atomic E-state index is 0.0115. The van der Waals surface area contributed by atoms with Gasteiger partial charge < -0.3 is 19.5 Å². The van der Waals surface area contributed by atoms with Crippen molar-refractivity contribution in [2.45, 2.75) is 26.8 Å². The van der Waals surface area contributed by atoms with Gasteiger partial charge in [-0.15, -0.1) is 0 Å². The van der Waals surface area contributed by atoms with E-state index in [9.17, 15) is 5.11 Å². The van der Waals surface area contributed by atoms with Gasteiger partial charge in [-0.2, -0.15) is 0 Å². The molecule has 0 aliphatic carbocycles. The second-order valence-electron chi connectivity index (χ2n) is 5.25. The Morgan fingerprint density at radius 2 is 1.67 bits per heavy atom. The zero-order valence-corrected chi connectivity index (χ0v) is 14.3. The smallest absolute Gasteiger partial charge is 0.162 e. The Bertz CT molecular complexity index is 451. The molecule has 0 bridgehead atoms. The van der Waals surface area contributed by atoms with Gasteiger partial charge in [0, 0.05) is 23.7 Å². The van der Waals surface area contributed by atoms with Gasteiger partial charge >= 0.3 is 0 Å². The summed E-state index contributed by atoms with van der Waals surface area (Å²) in [5.41, 5.74) is 0.940. The van der Waals surface area contributed by atoms with Crippen LogP contribution in [0.2, 0.25) is 5.02 Å². The third-order valence-electron chi connectivity index (χ3n) is 3.36. The summed E-state index contributed by atoms with van der Waals surface area (Å²) in [6.45, 7) is 7.06. The molecule has 2 unspecified atom stereocenters. The van der Waals surface area contributed by atoms with Gasteiger partial charge in [0.1, 0.15) is 0 Å². The van der Waals surface area contributed by atoms with Crippen molar-refractivity contribution in [2.24, 2.45) is 5.92 Å². The van der Waals surface area contributed by atoms with Gasteiger partial charge in [-0.05, 0) is 45.5 Å². The normalized spacial score (nSPS) is 14.1. The number of rotatable bonds is 8. The predicted octanol–water partition coefficient (Wildman–Crippen LogP) is 3.37. The number of hydrogen-bond acceptors (Lipinski definition) is 4. The zero-order chi connectivity index (χ0) is 16.0. The highest BCUT2D eigenvalue weighted by molar-refractivity contribution is 6.31. The SMILES string of the molecule is CCOc1cc(Cl)c(C(C(C)CO)N(C)C)cc1OCC. The summed E-state index contributed by atoms with van der Waals surface area (Å²) in [4.78, 5) is 2.05. The van der Waals surface area contributed by atoms with E-state index in [1.165, 1.54) is 0 Å². The van der Waals surface area contributed by atoms with Crippen LogP contribution in [0.1, 0.15) is 32.4 Å². The Morgan fingerprint density at radius 3 is 2.10 bits per heavy atom. The minimum Gasteiger partial charge on any atom is -0.490 e. The van der Waals surface area contributed by atoms with E-state index in [4.69, 9.17) is 21.1 Å². The Kier molecular flexibility index (Phi) is 7.29. The molecule has 0 spiro atoms. The van der Waals surface area contributed by atoms with E-state index in [1.807, 2.05) is 40.9 Å². The highest BCUT2D eigenvalue weighted by Gasteiger charge is 2.25. The summed E-state index contributed by atoms with van der Waals surface area (Å²) in [5.74, 6) is 1.41. The van der Waals surface area contributed by atoms with Crippen LogP contribution in [0.15, 0.2) is 12.1 Å². The quantitative estimate of drug-likeness (QED) is 0.798. The van der Waals surface area contributed by atoms with Gasteiger partial charge in [-0.1, -0.05) is 18.5 Å². The van der Waals surface area contributed by atoms with Crippen LogP contribution < -0.4 is 9.47 Å². The van der Waals surface area contributed by atoms with E-state index in [-0.39, 0.29) is 18.6 Å². The van der Waals surface area contributed by atoms with Crippen molar-refractivity contribution in [3.8, 4) is 11.5 Å². The summed E-state index contributed by atoms with van der Waals surface area (Å²) in [5, 5.41) is 10.1. The fraction of sp³-hybridized carbons (Fsp3) is 0.625. The first-order valence-electron chi connectivity index (χ1n) is 7.32. The maximum absolute atomic E-state index is 9.49. The van der Waals surface area contributed by atoms with Gasteiger partial charge in [0.25, 0.3) is 0 Å². The van der Waals surface area contributed by atoms with Crippen molar-refractivity contribution in [3.63, 3.8) is 0 Å². The van der Waals surface area contributed by atoms with Gasteiger partial charge in [-0.3, -0.25) is 0 Å². The zero-order valence-electron chi connectivity index (χ0n) is 13.5. The predicted molar refractivity (Wildman–Crippen MR) is 86.5 cm³/mol. The molecule has 5 heteroatoms. The molecule has 0 fully saturated rings. The molecule has 0 heterocycles. The molecule has 0 aliphatic heterocycles. The van der Waals surface area contributed by atoms with E-state index in [0.29, 0.717) is 29.7 Å². The lowest BCUT2D eigenvalue weighted by Crippen LogP contribution is -2.28. The lowest BCUT2D eigenvalue weighted by Gasteiger charge is -2.30. The molecule has 120 valence electrons. The molecule has 2 atom stereocenters. The average molecular weight is 316 g/mol. The molecule has 0 aromatic heterocycles. The largest absolute Gasteiger partial charge is 0.490 e. The number of ether oxygens (including phenoxy) is 2. The molecule has 1 N–H and O–H groups in total. The third-order valence-corrected chi connectivity index (χ3v) is 3.69. The first-order chi connectivity index (χ1) is 9.96. The van der Waals surface area contributed by atoms with E-state index in [2.05, 4.69) is 4.90 Å². The standard InChI is InChI=1S/C16H26ClNO3/c1-6-20-14-8-12(13(17)9-15(14)21-7-2)16(18(4)5)11(3)10-19/h8-9,11,16,19H,6-7,10H2,1-5H3. The van der Waals surface area contributed by atoms with Gasteiger partial charge in [0.15, 0.2) is 11.5 Å². The van der Waals surface area contributed by atoms with Crippen LogP contribution in [0.25, 0.3) is 0 Å². The first-order valence-corrected chi connectivity index (χ1v) is 7.70. The van der Waals surface area contributed by atoms with Gasteiger partial charge in [0.2, 0.25) is 0 Å². The third kappa shape index (κ3) is 4.50.